The highest BCUT2D eigenvalue weighted by molar-refractivity contribution is 6.00. The van der Waals surface area contributed by atoms with Crippen molar-refractivity contribution in [3.05, 3.63) is 102 Å². The summed E-state index contributed by atoms with van der Waals surface area (Å²) in [6, 6.07) is 23.7. The van der Waals surface area contributed by atoms with E-state index in [4.69, 9.17) is 0 Å². The van der Waals surface area contributed by atoms with Crippen LogP contribution in [-0.4, -0.2) is 39.8 Å². The maximum Gasteiger partial charge on any atom is 0.255 e. The number of aromatic nitrogens is 2. The van der Waals surface area contributed by atoms with E-state index in [-0.39, 0.29) is 17.6 Å². The molecule has 4 aromatic rings. The summed E-state index contributed by atoms with van der Waals surface area (Å²) in [5.74, 6) is -0.454. The van der Waals surface area contributed by atoms with Gasteiger partial charge in [-0.3, -0.25) is 9.59 Å². The first kappa shape index (κ1) is 22.8. The van der Waals surface area contributed by atoms with E-state index in [1.165, 1.54) is 12.1 Å². The second kappa shape index (κ2) is 10.5. The number of nitrogens with zero attached hydrogens (tertiary/aromatic N) is 2. The lowest BCUT2D eigenvalue weighted by atomic mass is 10.1. The number of hydrogen-bond donors (Lipinski definition) is 3. The number of aromatic hydroxyl groups is 1. The summed E-state index contributed by atoms with van der Waals surface area (Å²) in [6.45, 7) is 2.80. The van der Waals surface area contributed by atoms with Crippen molar-refractivity contribution in [3.63, 3.8) is 0 Å². The van der Waals surface area contributed by atoms with Crippen LogP contribution in [0.4, 0.5) is 0 Å². The minimum atomic E-state index is -0.270. The van der Waals surface area contributed by atoms with E-state index in [0.717, 1.165) is 16.8 Å². The Labute approximate surface area is 198 Å². The highest BCUT2D eigenvalue weighted by atomic mass is 16.3. The Kier molecular flexibility index (Phi) is 7.03. The van der Waals surface area contributed by atoms with Crippen molar-refractivity contribution in [1.29, 1.82) is 0 Å². The minimum absolute atomic E-state index is 0.0420. The van der Waals surface area contributed by atoms with E-state index in [1.807, 2.05) is 61.5 Å². The molecule has 0 aliphatic heterocycles. The molecule has 7 nitrogen and oxygen atoms in total. The van der Waals surface area contributed by atoms with Crippen LogP contribution in [0.2, 0.25) is 0 Å². The van der Waals surface area contributed by atoms with E-state index >= 15 is 0 Å². The summed E-state index contributed by atoms with van der Waals surface area (Å²) in [4.78, 5) is 25.2. The zero-order valence-electron chi connectivity index (χ0n) is 18.9. The number of carbonyl (C=O) groups is 2. The van der Waals surface area contributed by atoms with E-state index in [0.29, 0.717) is 36.3 Å². The molecule has 0 atom stereocenters. The number of nitrogens with one attached hydrogen (secondary N) is 2. The predicted molar refractivity (Wildman–Crippen MR) is 131 cm³/mol. The molecular weight excluding hydrogens is 428 g/mol. The zero-order chi connectivity index (χ0) is 23.9. The van der Waals surface area contributed by atoms with Gasteiger partial charge in [0.1, 0.15) is 11.4 Å². The SMILES string of the molecule is Cc1ccc(-n2cc(C(=O)NCCCNC(=O)c3cccc(O)c3)c(-c3ccccc3)n2)cc1. The van der Waals surface area contributed by atoms with Crippen molar-refractivity contribution in [1.82, 2.24) is 20.4 Å². The number of amides is 2. The molecule has 34 heavy (non-hydrogen) atoms. The fourth-order valence-corrected chi connectivity index (χ4v) is 3.52. The normalized spacial score (nSPS) is 10.6. The molecule has 0 spiro atoms. The average molecular weight is 455 g/mol. The van der Waals surface area contributed by atoms with E-state index in [1.54, 1.807) is 23.0 Å². The van der Waals surface area contributed by atoms with Crippen LogP contribution in [0.3, 0.4) is 0 Å². The molecule has 1 aromatic heterocycles. The van der Waals surface area contributed by atoms with E-state index in [9.17, 15) is 14.7 Å². The molecule has 2 amide bonds. The van der Waals surface area contributed by atoms with Crippen LogP contribution in [0.1, 0.15) is 32.7 Å². The topological polar surface area (TPSA) is 96.2 Å². The molecule has 172 valence electrons. The molecule has 0 unspecified atom stereocenters. The molecule has 0 saturated heterocycles. The Balaban J connectivity index is 1.40. The largest absolute Gasteiger partial charge is 0.508 e. The van der Waals surface area contributed by atoms with Gasteiger partial charge in [-0.2, -0.15) is 5.10 Å². The Morgan fingerprint density at radius 1 is 0.882 bits per heavy atom. The number of aryl methyl sites for hydroxylation is 1. The highest BCUT2D eigenvalue weighted by Gasteiger charge is 2.18. The molecule has 1 heterocycles. The summed E-state index contributed by atoms with van der Waals surface area (Å²) in [5, 5.41) is 19.9. The number of hydrogen-bond acceptors (Lipinski definition) is 4. The first-order chi connectivity index (χ1) is 16.5. The quantitative estimate of drug-likeness (QED) is 0.349. The van der Waals surface area contributed by atoms with E-state index < -0.39 is 0 Å². The maximum absolute atomic E-state index is 13.0. The van der Waals surface area contributed by atoms with Crippen LogP contribution >= 0.6 is 0 Å². The highest BCUT2D eigenvalue weighted by Crippen LogP contribution is 2.24. The third-order valence-electron chi connectivity index (χ3n) is 5.34. The second-order valence-corrected chi connectivity index (χ2v) is 7.95. The van der Waals surface area contributed by atoms with Gasteiger partial charge in [-0.25, -0.2) is 4.68 Å². The Morgan fingerprint density at radius 2 is 1.59 bits per heavy atom. The lowest BCUT2D eigenvalue weighted by Gasteiger charge is -2.07. The fraction of sp³-hybridized carbons (Fsp3) is 0.148. The summed E-state index contributed by atoms with van der Waals surface area (Å²) in [7, 11) is 0. The number of phenolic OH excluding ortho intramolecular Hbond substituents is 1. The summed E-state index contributed by atoms with van der Waals surface area (Å²) >= 11 is 0. The van der Waals surface area contributed by atoms with Gasteiger partial charge in [0.2, 0.25) is 0 Å². The molecule has 0 fully saturated rings. The lowest BCUT2D eigenvalue weighted by molar-refractivity contribution is 0.0951. The third kappa shape index (κ3) is 5.50. The van der Waals surface area contributed by atoms with Gasteiger partial charge in [0.15, 0.2) is 0 Å². The Morgan fingerprint density at radius 3 is 2.29 bits per heavy atom. The number of carbonyl (C=O) groups excluding carboxylic acids is 2. The van der Waals surface area contributed by atoms with Crippen molar-refractivity contribution in [2.24, 2.45) is 0 Å². The second-order valence-electron chi connectivity index (χ2n) is 7.95. The van der Waals surface area contributed by atoms with Crippen LogP contribution in [-0.2, 0) is 0 Å². The smallest absolute Gasteiger partial charge is 0.255 e. The predicted octanol–water partition coefficient (Wildman–Crippen LogP) is 4.10. The van der Waals surface area contributed by atoms with Gasteiger partial charge >= 0.3 is 0 Å². The van der Waals surface area contributed by atoms with Gasteiger partial charge in [-0.1, -0.05) is 54.1 Å². The Bertz CT molecular complexity index is 1280. The summed E-state index contributed by atoms with van der Waals surface area (Å²) in [5.41, 5.74) is 4.35. The number of rotatable bonds is 8. The monoisotopic (exact) mass is 454 g/mol. The molecule has 0 bridgehead atoms. The Hall–Kier alpha value is -4.39. The lowest BCUT2D eigenvalue weighted by Crippen LogP contribution is -2.30. The van der Waals surface area contributed by atoms with Crippen LogP contribution in [0.25, 0.3) is 16.9 Å². The maximum atomic E-state index is 13.0. The standard InChI is InChI=1S/C27H26N4O3/c1-19-11-13-22(14-12-19)31-18-24(25(30-31)20-7-3-2-4-8-20)27(34)29-16-6-15-28-26(33)21-9-5-10-23(32)17-21/h2-5,7-14,17-18,32H,6,15-16H2,1H3,(H,28,33)(H,29,34). The van der Waals surface area contributed by atoms with Gasteiger partial charge in [0.05, 0.1) is 11.3 Å². The third-order valence-corrected chi connectivity index (χ3v) is 5.34. The van der Waals surface area contributed by atoms with Gasteiger partial charge in [-0.15, -0.1) is 0 Å². The molecule has 0 radical (unpaired) electrons. The minimum Gasteiger partial charge on any atom is -0.508 e. The van der Waals surface area contributed by atoms with Gasteiger partial charge in [0, 0.05) is 30.4 Å². The first-order valence-corrected chi connectivity index (χ1v) is 11.1. The van der Waals surface area contributed by atoms with Crippen molar-refractivity contribution in [2.75, 3.05) is 13.1 Å². The van der Waals surface area contributed by atoms with Crippen LogP contribution in [0.5, 0.6) is 5.75 Å². The zero-order valence-corrected chi connectivity index (χ0v) is 18.9. The molecule has 4 rings (SSSR count). The molecule has 0 saturated carbocycles. The van der Waals surface area contributed by atoms with Crippen LogP contribution in [0.15, 0.2) is 85.1 Å². The van der Waals surface area contributed by atoms with Crippen molar-refractivity contribution in [3.8, 4) is 22.7 Å². The molecule has 0 aliphatic rings. The number of benzene rings is 3. The molecular formula is C27H26N4O3. The number of phenols is 1. The summed E-state index contributed by atoms with van der Waals surface area (Å²) in [6.07, 6.45) is 2.30. The molecule has 7 heteroatoms. The first-order valence-electron chi connectivity index (χ1n) is 11.1. The van der Waals surface area contributed by atoms with Crippen molar-refractivity contribution < 1.29 is 14.7 Å². The summed E-state index contributed by atoms with van der Waals surface area (Å²) < 4.78 is 1.71. The van der Waals surface area contributed by atoms with Crippen molar-refractivity contribution >= 4 is 11.8 Å². The average Bonchev–Trinajstić information content (AvgIpc) is 3.30. The van der Waals surface area contributed by atoms with Gasteiger partial charge in [0.25, 0.3) is 11.8 Å². The van der Waals surface area contributed by atoms with Gasteiger partial charge < -0.3 is 15.7 Å². The van der Waals surface area contributed by atoms with Crippen LogP contribution < -0.4 is 10.6 Å². The molecule has 3 aromatic carbocycles. The fourth-order valence-electron chi connectivity index (χ4n) is 3.52. The molecule has 3 N–H and O–H groups in total. The van der Waals surface area contributed by atoms with Gasteiger partial charge in [-0.05, 0) is 43.7 Å². The van der Waals surface area contributed by atoms with Crippen molar-refractivity contribution in [2.45, 2.75) is 13.3 Å². The van der Waals surface area contributed by atoms with E-state index in [2.05, 4.69) is 15.7 Å². The van der Waals surface area contributed by atoms with Crippen LogP contribution in [0, 0.1) is 6.92 Å². The molecule has 0 aliphatic carbocycles.